The Kier molecular flexibility index (Phi) is 5.20. The van der Waals surface area contributed by atoms with Gasteiger partial charge < -0.3 is 22.5 Å². The van der Waals surface area contributed by atoms with Crippen LogP contribution in [0.5, 0.6) is 0 Å². The fourth-order valence-corrected chi connectivity index (χ4v) is 2.28. The van der Waals surface area contributed by atoms with E-state index < -0.39 is 11.9 Å². The van der Waals surface area contributed by atoms with Gasteiger partial charge in [0.05, 0.1) is 0 Å². The molecule has 0 aliphatic carbocycles. The normalized spacial score (nSPS) is 10.3. The number of nitrogen functional groups attached to an aromatic ring is 1. The zero-order valence-corrected chi connectivity index (χ0v) is 14.1. The molecule has 0 aliphatic heterocycles. The van der Waals surface area contributed by atoms with E-state index >= 15 is 0 Å². The van der Waals surface area contributed by atoms with Crippen molar-refractivity contribution in [2.45, 2.75) is 20.4 Å². The number of nitrogens with one attached hydrogen (secondary N) is 1. The Hall–Kier alpha value is -2.87. The van der Waals surface area contributed by atoms with Crippen molar-refractivity contribution in [1.82, 2.24) is 9.97 Å². The number of aliphatic imine (C=N–C) groups is 1. The van der Waals surface area contributed by atoms with Crippen molar-refractivity contribution >= 4 is 35.1 Å². The first-order valence-corrected chi connectivity index (χ1v) is 7.42. The van der Waals surface area contributed by atoms with Crippen molar-refractivity contribution < 1.29 is 4.79 Å². The van der Waals surface area contributed by atoms with Crippen LogP contribution in [0.15, 0.2) is 23.2 Å². The van der Waals surface area contributed by atoms with Crippen LogP contribution in [0.4, 0.5) is 11.6 Å². The highest BCUT2D eigenvalue weighted by Gasteiger charge is 2.16. The number of nitrogens with two attached hydrogens (primary N) is 3. The maximum absolute atomic E-state index is 11.8. The number of anilines is 2. The van der Waals surface area contributed by atoms with E-state index in [-0.39, 0.29) is 22.5 Å². The van der Waals surface area contributed by atoms with Crippen LogP contribution in [0.1, 0.15) is 27.2 Å². The van der Waals surface area contributed by atoms with E-state index in [2.05, 4.69) is 26.3 Å². The quantitative estimate of drug-likeness (QED) is 0.482. The molecule has 0 atom stereocenters. The molecule has 0 saturated heterocycles. The minimum atomic E-state index is -0.803. The third kappa shape index (κ3) is 4.11. The highest BCUT2D eigenvalue weighted by atomic mass is 35.5. The molecule has 0 radical (unpaired) electrons. The highest BCUT2D eigenvalue weighted by Crippen LogP contribution is 2.22. The van der Waals surface area contributed by atoms with Crippen molar-refractivity contribution in [2.75, 3.05) is 11.1 Å². The van der Waals surface area contributed by atoms with Gasteiger partial charge in [-0.25, -0.2) is 9.97 Å². The van der Waals surface area contributed by atoms with Crippen LogP contribution in [-0.2, 0) is 6.54 Å². The Bertz CT molecular complexity index is 816. The molecule has 0 unspecified atom stereocenters. The zero-order chi connectivity index (χ0) is 17.9. The van der Waals surface area contributed by atoms with Gasteiger partial charge in [0.15, 0.2) is 28.4 Å². The third-order valence-electron chi connectivity index (χ3n) is 3.26. The lowest BCUT2D eigenvalue weighted by molar-refractivity contribution is 0.0998. The van der Waals surface area contributed by atoms with Crippen LogP contribution in [-0.4, -0.2) is 21.8 Å². The summed E-state index contributed by atoms with van der Waals surface area (Å²) in [5.41, 5.74) is 19.3. The van der Waals surface area contributed by atoms with Crippen molar-refractivity contribution in [3.8, 4) is 0 Å². The minimum Gasteiger partial charge on any atom is -0.382 e. The number of benzene rings is 1. The van der Waals surface area contributed by atoms with E-state index in [1.54, 1.807) is 0 Å². The molecule has 1 aromatic heterocycles. The monoisotopic (exact) mass is 347 g/mol. The summed E-state index contributed by atoms with van der Waals surface area (Å²) in [4.78, 5) is 23.1. The van der Waals surface area contributed by atoms with Crippen molar-refractivity contribution in [2.24, 2.45) is 16.5 Å². The second-order valence-electron chi connectivity index (χ2n) is 5.22. The van der Waals surface area contributed by atoms with Gasteiger partial charge in [-0.2, -0.15) is 4.99 Å². The summed E-state index contributed by atoms with van der Waals surface area (Å²) in [6.07, 6.45) is 0. The molecule has 24 heavy (non-hydrogen) atoms. The van der Waals surface area contributed by atoms with Crippen LogP contribution < -0.4 is 22.5 Å². The van der Waals surface area contributed by atoms with Crippen molar-refractivity contribution in [3.63, 3.8) is 0 Å². The molecule has 126 valence electrons. The van der Waals surface area contributed by atoms with Crippen LogP contribution in [0.2, 0.25) is 5.15 Å². The van der Waals surface area contributed by atoms with Gasteiger partial charge in [0, 0.05) is 6.54 Å². The number of hydrogen-bond acceptors (Lipinski definition) is 5. The van der Waals surface area contributed by atoms with Gasteiger partial charge in [-0.15, -0.1) is 0 Å². The van der Waals surface area contributed by atoms with Gasteiger partial charge in [-0.3, -0.25) is 4.79 Å². The van der Waals surface area contributed by atoms with E-state index in [1.165, 1.54) is 5.56 Å². The van der Waals surface area contributed by atoms with Crippen LogP contribution >= 0.6 is 11.6 Å². The molecule has 1 amide bonds. The molecule has 2 rings (SSSR count). The first-order chi connectivity index (χ1) is 11.3. The average Bonchev–Trinajstić information content (AvgIpc) is 2.48. The highest BCUT2D eigenvalue weighted by molar-refractivity contribution is 6.32. The lowest BCUT2D eigenvalue weighted by atomic mass is 10.1. The summed E-state index contributed by atoms with van der Waals surface area (Å²) in [6.45, 7) is 4.53. The largest absolute Gasteiger partial charge is 0.382 e. The van der Waals surface area contributed by atoms with Gasteiger partial charge in [0.25, 0.3) is 0 Å². The van der Waals surface area contributed by atoms with Crippen LogP contribution in [0.25, 0.3) is 0 Å². The summed E-state index contributed by atoms with van der Waals surface area (Å²) in [5.74, 6) is -1.04. The molecule has 0 fully saturated rings. The molecular formula is C15H18ClN7O. The molecule has 1 heterocycles. The van der Waals surface area contributed by atoms with Gasteiger partial charge in [-0.1, -0.05) is 35.4 Å². The maximum atomic E-state index is 11.8. The smallest absolute Gasteiger partial charge is 0.302 e. The number of rotatable bonds is 4. The van der Waals surface area contributed by atoms with Gasteiger partial charge in [0.2, 0.25) is 0 Å². The van der Waals surface area contributed by atoms with Gasteiger partial charge >= 0.3 is 5.91 Å². The molecule has 0 bridgehead atoms. The second-order valence-corrected chi connectivity index (χ2v) is 5.58. The topological polar surface area (TPSA) is 145 Å². The first kappa shape index (κ1) is 17.5. The molecule has 8 nitrogen and oxygen atoms in total. The number of nitrogens with zero attached hydrogens (tertiary/aromatic N) is 3. The molecule has 0 aliphatic rings. The number of aryl methyl sites for hydroxylation is 2. The standard InChI is InChI=1S/C15H18ClN7O/c1-7-3-4-9(8(2)5-7)6-20-13-11(16)21-10(12(17)22-13)14(24)23-15(18)19/h3-5H,6H2,1-2H3,(H3,17,20,22)(H4,18,19,23,24). The molecule has 2 aromatic rings. The van der Waals surface area contributed by atoms with Gasteiger partial charge in [-0.05, 0) is 25.0 Å². The number of carbonyl (C=O) groups excluding carboxylic acids is 1. The Morgan fingerprint density at radius 3 is 2.62 bits per heavy atom. The minimum absolute atomic E-state index is 0.00288. The zero-order valence-electron chi connectivity index (χ0n) is 13.3. The molecule has 0 saturated carbocycles. The van der Waals surface area contributed by atoms with E-state index in [9.17, 15) is 4.79 Å². The fraction of sp³-hybridized carbons (Fsp3) is 0.200. The molecule has 0 spiro atoms. The SMILES string of the molecule is Cc1ccc(CNc2nc(N)c(C(=O)N=C(N)N)nc2Cl)c(C)c1. The van der Waals surface area contributed by atoms with E-state index in [1.807, 2.05) is 26.0 Å². The maximum Gasteiger partial charge on any atom is 0.302 e. The summed E-state index contributed by atoms with van der Waals surface area (Å²) in [6, 6.07) is 6.11. The van der Waals surface area contributed by atoms with Crippen LogP contribution in [0, 0.1) is 13.8 Å². The number of carbonyl (C=O) groups is 1. The van der Waals surface area contributed by atoms with Crippen molar-refractivity contribution in [3.05, 3.63) is 45.7 Å². The summed E-state index contributed by atoms with van der Waals surface area (Å²) in [5, 5.41) is 3.06. The number of aromatic nitrogens is 2. The van der Waals surface area contributed by atoms with E-state index in [4.69, 9.17) is 28.8 Å². The lowest BCUT2D eigenvalue weighted by Gasteiger charge is -2.11. The number of halogens is 1. The Morgan fingerprint density at radius 1 is 1.29 bits per heavy atom. The molecule has 9 heteroatoms. The molecular weight excluding hydrogens is 330 g/mol. The lowest BCUT2D eigenvalue weighted by Crippen LogP contribution is -2.24. The number of guanidine groups is 1. The summed E-state index contributed by atoms with van der Waals surface area (Å²) < 4.78 is 0. The average molecular weight is 348 g/mol. The second kappa shape index (κ2) is 7.14. The predicted octanol–water partition coefficient (Wildman–Crippen LogP) is 1.35. The van der Waals surface area contributed by atoms with E-state index in [0.717, 1.165) is 11.1 Å². The molecule has 7 N–H and O–H groups in total. The predicted molar refractivity (Wildman–Crippen MR) is 94.8 cm³/mol. The Morgan fingerprint density at radius 2 is 2.00 bits per heavy atom. The Labute approximate surface area is 144 Å². The van der Waals surface area contributed by atoms with E-state index in [0.29, 0.717) is 6.54 Å². The first-order valence-electron chi connectivity index (χ1n) is 7.05. The Balaban J connectivity index is 2.21. The summed E-state index contributed by atoms with van der Waals surface area (Å²) >= 11 is 6.06. The fourth-order valence-electron chi connectivity index (χ4n) is 2.09. The molecule has 1 aromatic carbocycles. The van der Waals surface area contributed by atoms with Crippen LogP contribution in [0.3, 0.4) is 0 Å². The third-order valence-corrected chi connectivity index (χ3v) is 3.52. The number of amides is 1. The van der Waals surface area contributed by atoms with Gasteiger partial charge in [0.1, 0.15) is 0 Å². The summed E-state index contributed by atoms with van der Waals surface area (Å²) in [7, 11) is 0. The van der Waals surface area contributed by atoms with Crippen molar-refractivity contribution in [1.29, 1.82) is 0 Å². The number of hydrogen-bond donors (Lipinski definition) is 4.